The average molecular weight is 389 g/mol. The van der Waals surface area contributed by atoms with Crippen LogP contribution in [0.2, 0.25) is 0 Å². The van der Waals surface area contributed by atoms with Crippen molar-refractivity contribution in [2.45, 2.75) is 38.1 Å². The number of hydrogen-bond acceptors (Lipinski definition) is 5. The first-order valence-electron chi connectivity index (χ1n) is 10.0. The molecule has 2 N–H and O–H groups in total. The smallest absolute Gasteiger partial charge is 0.326 e. The van der Waals surface area contributed by atoms with E-state index >= 15 is 0 Å². The zero-order valence-electron chi connectivity index (χ0n) is 16.3. The van der Waals surface area contributed by atoms with Gasteiger partial charge >= 0.3 is 5.69 Å². The zero-order chi connectivity index (χ0) is 19.8. The van der Waals surface area contributed by atoms with Gasteiger partial charge in [0.2, 0.25) is 0 Å². The Kier molecular flexibility index (Phi) is 4.42. The minimum atomic E-state index is -0.0418. The molecule has 0 amide bonds. The molecule has 2 heterocycles. The van der Waals surface area contributed by atoms with Crippen LogP contribution in [-0.2, 0) is 0 Å². The van der Waals surface area contributed by atoms with E-state index in [2.05, 4.69) is 20.3 Å². The highest BCUT2D eigenvalue weighted by molar-refractivity contribution is 5.99. The van der Waals surface area contributed by atoms with Crippen molar-refractivity contribution in [1.82, 2.24) is 19.5 Å². The largest absolute Gasteiger partial charge is 0.497 e. The monoisotopic (exact) mass is 389 g/mol. The lowest BCUT2D eigenvalue weighted by Gasteiger charge is -2.22. The molecular formula is C22H23N5O2. The van der Waals surface area contributed by atoms with E-state index in [-0.39, 0.29) is 11.7 Å². The predicted molar refractivity (Wildman–Crippen MR) is 114 cm³/mol. The van der Waals surface area contributed by atoms with Crippen molar-refractivity contribution in [3.05, 3.63) is 53.2 Å². The van der Waals surface area contributed by atoms with Gasteiger partial charge in [0, 0.05) is 17.1 Å². The number of nitrogens with one attached hydrogen (secondary N) is 2. The summed E-state index contributed by atoms with van der Waals surface area (Å²) in [4.78, 5) is 24.6. The molecule has 0 unspecified atom stereocenters. The van der Waals surface area contributed by atoms with Crippen molar-refractivity contribution in [1.29, 1.82) is 0 Å². The molecule has 0 aliphatic heterocycles. The molecule has 1 aliphatic carbocycles. The third-order valence-electron chi connectivity index (χ3n) is 5.77. The molecule has 2 aromatic carbocycles. The number of nitrogens with zero attached hydrogens (tertiary/aromatic N) is 3. The van der Waals surface area contributed by atoms with E-state index < -0.39 is 0 Å². The van der Waals surface area contributed by atoms with Crippen molar-refractivity contribution in [2.24, 2.45) is 0 Å². The van der Waals surface area contributed by atoms with E-state index in [1.807, 2.05) is 41.0 Å². The van der Waals surface area contributed by atoms with E-state index in [4.69, 9.17) is 4.74 Å². The highest BCUT2D eigenvalue weighted by atomic mass is 16.5. The maximum absolute atomic E-state index is 12.7. The molecule has 7 nitrogen and oxygen atoms in total. The van der Waals surface area contributed by atoms with Crippen LogP contribution >= 0.6 is 0 Å². The van der Waals surface area contributed by atoms with Crippen molar-refractivity contribution in [3.8, 4) is 5.75 Å². The second-order valence-electron chi connectivity index (χ2n) is 7.55. The van der Waals surface area contributed by atoms with Gasteiger partial charge in [0.25, 0.3) is 0 Å². The standard InChI is InChI=1S/C22H23N5O2/c1-29-16-9-7-14(8-10-16)25-21-17-11-19-20(12-18(17)23-13-24-21)27(22(28)26-19)15-5-3-2-4-6-15/h7-13,15H,2-6H2,1H3,(H,26,28)(H,23,24,25). The highest BCUT2D eigenvalue weighted by Crippen LogP contribution is 2.32. The Morgan fingerprint density at radius 2 is 1.90 bits per heavy atom. The molecule has 148 valence electrons. The molecule has 0 radical (unpaired) electrons. The van der Waals surface area contributed by atoms with Crippen molar-refractivity contribution < 1.29 is 4.74 Å². The molecule has 29 heavy (non-hydrogen) atoms. The van der Waals surface area contributed by atoms with Gasteiger partial charge in [-0.3, -0.25) is 4.57 Å². The summed E-state index contributed by atoms with van der Waals surface area (Å²) in [7, 11) is 1.64. The molecule has 0 bridgehead atoms. The van der Waals surface area contributed by atoms with Gasteiger partial charge in [-0.15, -0.1) is 0 Å². The van der Waals surface area contributed by atoms with Crippen LogP contribution in [0, 0.1) is 0 Å². The number of imidazole rings is 1. The average Bonchev–Trinajstić information content (AvgIpc) is 3.08. The molecule has 1 saturated carbocycles. The fraction of sp³-hybridized carbons (Fsp3) is 0.318. The number of benzene rings is 2. The first-order chi connectivity index (χ1) is 14.2. The third-order valence-corrected chi connectivity index (χ3v) is 5.77. The van der Waals surface area contributed by atoms with Crippen LogP contribution in [0.4, 0.5) is 11.5 Å². The summed E-state index contributed by atoms with van der Waals surface area (Å²) >= 11 is 0. The van der Waals surface area contributed by atoms with Gasteiger partial charge in [0.05, 0.1) is 23.7 Å². The van der Waals surface area contributed by atoms with Gasteiger partial charge in [0.15, 0.2) is 0 Å². The number of aromatic nitrogens is 4. The lowest BCUT2D eigenvalue weighted by molar-refractivity contribution is 0.354. The number of methoxy groups -OCH3 is 1. The topological polar surface area (TPSA) is 84.8 Å². The fourth-order valence-corrected chi connectivity index (χ4v) is 4.29. The molecule has 1 fully saturated rings. The lowest BCUT2D eigenvalue weighted by Crippen LogP contribution is -2.23. The van der Waals surface area contributed by atoms with Crippen LogP contribution in [0.15, 0.2) is 47.5 Å². The molecule has 7 heteroatoms. The minimum absolute atomic E-state index is 0.0418. The number of H-pyrrole nitrogens is 1. The minimum Gasteiger partial charge on any atom is -0.497 e. The number of ether oxygens (including phenoxy) is 1. The Bertz CT molecular complexity index is 1220. The highest BCUT2D eigenvalue weighted by Gasteiger charge is 2.20. The second-order valence-corrected chi connectivity index (χ2v) is 7.55. The van der Waals surface area contributed by atoms with Gasteiger partial charge in [0.1, 0.15) is 17.9 Å². The number of fused-ring (bicyclic) bond motifs is 2. The number of anilines is 2. The van der Waals surface area contributed by atoms with Crippen LogP contribution in [0.3, 0.4) is 0 Å². The van der Waals surface area contributed by atoms with Crippen molar-refractivity contribution >= 4 is 33.4 Å². The summed E-state index contributed by atoms with van der Waals surface area (Å²) < 4.78 is 7.14. The molecule has 4 aromatic rings. The van der Waals surface area contributed by atoms with E-state index in [0.717, 1.165) is 46.2 Å². The van der Waals surface area contributed by atoms with Gasteiger partial charge in [-0.05, 0) is 49.2 Å². The Morgan fingerprint density at radius 1 is 1.10 bits per heavy atom. The normalized spacial score (nSPS) is 15.1. The summed E-state index contributed by atoms with van der Waals surface area (Å²) in [6.45, 7) is 0. The maximum Gasteiger partial charge on any atom is 0.326 e. The Hall–Kier alpha value is -3.35. The Labute approximate surface area is 167 Å². The van der Waals surface area contributed by atoms with E-state index in [1.165, 1.54) is 19.3 Å². The Morgan fingerprint density at radius 3 is 2.66 bits per heavy atom. The van der Waals surface area contributed by atoms with Crippen LogP contribution in [-0.4, -0.2) is 26.6 Å². The Balaban J connectivity index is 1.58. The summed E-state index contributed by atoms with van der Waals surface area (Å²) in [5, 5.41) is 4.21. The van der Waals surface area contributed by atoms with E-state index in [9.17, 15) is 4.79 Å². The quantitative estimate of drug-likeness (QED) is 0.536. The second kappa shape index (κ2) is 7.24. The predicted octanol–water partition coefficient (Wildman–Crippen LogP) is 4.53. The zero-order valence-corrected chi connectivity index (χ0v) is 16.3. The van der Waals surface area contributed by atoms with Crippen LogP contribution < -0.4 is 15.7 Å². The van der Waals surface area contributed by atoms with E-state index in [0.29, 0.717) is 5.82 Å². The van der Waals surface area contributed by atoms with E-state index in [1.54, 1.807) is 13.4 Å². The van der Waals surface area contributed by atoms with Crippen LogP contribution in [0.1, 0.15) is 38.1 Å². The van der Waals surface area contributed by atoms with Gasteiger partial charge in [-0.1, -0.05) is 19.3 Å². The van der Waals surface area contributed by atoms with Crippen LogP contribution in [0.25, 0.3) is 21.9 Å². The molecule has 2 aromatic heterocycles. The first-order valence-corrected chi connectivity index (χ1v) is 10.0. The third kappa shape index (κ3) is 3.22. The number of aromatic amines is 1. The SMILES string of the molecule is COc1ccc(Nc2ncnc3cc4c(cc23)[nH]c(=O)n4C2CCCCC2)cc1. The van der Waals surface area contributed by atoms with Gasteiger partial charge in [-0.25, -0.2) is 14.8 Å². The van der Waals surface area contributed by atoms with Gasteiger partial charge < -0.3 is 15.0 Å². The molecule has 1 aliphatic rings. The summed E-state index contributed by atoms with van der Waals surface area (Å²) in [6.07, 6.45) is 7.27. The number of hydrogen-bond donors (Lipinski definition) is 2. The van der Waals surface area contributed by atoms with Crippen molar-refractivity contribution in [3.63, 3.8) is 0 Å². The maximum atomic E-state index is 12.7. The van der Waals surface area contributed by atoms with Gasteiger partial charge in [-0.2, -0.15) is 0 Å². The van der Waals surface area contributed by atoms with Crippen LogP contribution in [0.5, 0.6) is 5.75 Å². The fourth-order valence-electron chi connectivity index (χ4n) is 4.29. The summed E-state index contributed by atoms with van der Waals surface area (Å²) in [5.74, 6) is 1.50. The van der Waals surface area contributed by atoms with Crippen molar-refractivity contribution in [2.75, 3.05) is 12.4 Å². The molecule has 0 spiro atoms. The molecule has 5 rings (SSSR count). The lowest BCUT2D eigenvalue weighted by atomic mass is 9.95. The molecular weight excluding hydrogens is 366 g/mol. The summed E-state index contributed by atoms with van der Waals surface area (Å²) in [6, 6.07) is 11.9. The first kappa shape index (κ1) is 17.7. The molecule has 0 saturated heterocycles. The number of rotatable bonds is 4. The summed E-state index contributed by atoms with van der Waals surface area (Å²) in [5.41, 5.74) is 3.41. The molecule has 0 atom stereocenters.